The van der Waals surface area contributed by atoms with Crippen molar-refractivity contribution in [1.29, 1.82) is 0 Å². The fourth-order valence-corrected chi connectivity index (χ4v) is 11.5. The molecule has 0 unspecified atom stereocenters. The number of aryl methyl sites for hydroxylation is 6. The molecule has 3 nitrogen and oxygen atoms in total. The Balaban J connectivity index is 1.33. The van der Waals surface area contributed by atoms with Crippen LogP contribution in [-0.4, -0.2) is 0 Å². The van der Waals surface area contributed by atoms with Crippen LogP contribution in [0.1, 0.15) is 100 Å². The van der Waals surface area contributed by atoms with Gasteiger partial charge >= 0.3 is 0 Å². The molecule has 0 spiro atoms. The van der Waals surface area contributed by atoms with Gasteiger partial charge < -0.3 is 14.7 Å². The molecule has 1 aliphatic rings. The molecule has 0 fully saturated rings. The van der Waals surface area contributed by atoms with E-state index in [1.165, 1.54) is 123 Å². The van der Waals surface area contributed by atoms with Crippen molar-refractivity contribution in [3.63, 3.8) is 0 Å². The van der Waals surface area contributed by atoms with E-state index in [0.717, 1.165) is 28.4 Å². The lowest BCUT2D eigenvalue weighted by atomic mass is 9.62. The van der Waals surface area contributed by atoms with Gasteiger partial charge in [0, 0.05) is 39.8 Å². The number of rotatable bonds is 9. The minimum Gasteiger partial charge on any atom is -0.310 e. The second-order valence-corrected chi connectivity index (χ2v) is 20.8. The zero-order chi connectivity index (χ0) is 50.9. The van der Waals surface area contributed by atoms with Crippen molar-refractivity contribution in [1.82, 2.24) is 0 Å². The summed E-state index contributed by atoms with van der Waals surface area (Å²) in [5, 5.41) is 0. The number of hydrogen-bond acceptors (Lipinski definition) is 3. The van der Waals surface area contributed by atoms with Crippen molar-refractivity contribution < 1.29 is 0 Å². The van der Waals surface area contributed by atoms with Crippen molar-refractivity contribution in [2.75, 3.05) is 14.7 Å². The van der Waals surface area contributed by atoms with Crippen molar-refractivity contribution in [3.05, 3.63) is 264 Å². The van der Waals surface area contributed by atoms with E-state index in [1.807, 2.05) is 0 Å². The molecule has 0 aliphatic carbocycles. The predicted molar refractivity (Wildman–Crippen MR) is 309 cm³/mol. The molecule has 0 radical (unpaired) electrons. The molecule has 9 aromatic carbocycles. The van der Waals surface area contributed by atoms with Gasteiger partial charge in [-0.25, -0.2) is 0 Å². The molecule has 0 aromatic heterocycles. The lowest BCUT2D eigenvalue weighted by molar-refractivity contribution is 0.730. The van der Waals surface area contributed by atoms with Gasteiger partial charge in [0.2, 0.25) is 0 Å². The molecule has 9 aromatic rings. The van der Waals surface area contributed by atoms with Crippen molar-refractivity contribution in [3.8, 4) is 0 Å². The Morgan fingerprint density at radius 1 is 0.306 bits per heavy atom. The van der Waals surface area contributed by atoms with Crippen LogP contribution in [0.5, 0.6) is 0 Å². The Hall–Kier alpha value is -7.62. The fourth-order valence-electron chi connectivity index (χ4n) is 11.5. The molecule has 0 atom stereocenters. The second-order valence-electron chi connectivity index (χ2n) is 20.8. The normalized spacial score (nSPS) is 12.7. The van der Waals surface area contributed by atoms with Gasteiger partial charge in [0.05, 0.1) is 16.8 Å². The fraction of sp³-hybridized carbons (Fsp3) is 0.217. The summed E-state index contributed by atoms with van der Waals surface area (Å²) in [6.45, 7) is 31.5. The predicted octanol–water partition coefficient (Wildman–Crippen LogP) is 19.1. The highest BCUT2D eigenvalue weighted by atomic mass is 15.2. The first-order valence-corrected chi connectivity index (χ1v) is 25.7. The number of hydrogen-bond donors (Lipinski definition) is 0. The van der Waals surface area contributed by atoms with Gasteiger partial charge in [-0.05, 0) is 259 Å². The average Bonchev–Trinajstić information content (AvgIpc) is 3.38. The first-order valence-electron chi connectivity index (χ1n) is 25.7. The van der Waals surface area contributed by atoms with E-state index in [9.17, 15) is 0 Å². The topological polar surface area (TPSA) is 9.72 Å². The van der Waals surface area contributed by atoms with E-state index in [0.29, 0.717) is 0 Å². The van der Waals surface area contributed by atoms with E-state index in [-0.39, 0.29) is 0 Å². The molecule has 0 N–H and O–H groups in total. The molecule has 360 valence electrons. The van der Waals surface area contributed by atoms with E-state index in [2.05, 4.69) is 275 Å². The number of fused-ring (bicyclic) bond motifs is 2. The number of nitrogens with zero attached hydrogens (tertiary/aromatic N) is 3. The zero-order valence-corrected chi connectivity index (χ0v) is 44.9. The molecule has 0 bridgehead atoms. The van der Waals surface area contributed by atoms with Crippen LogP contribution in [0, 0.1) is 96.9 Å². The maximum Gasteiger partial charge on any atom is 0.0743 e. The smallest absolute Gasteiger partial charge is 0.0743 e. The van der Waals surface area contributed by atoms with Crippen molar-refractivity contribution in [2.45, 2.75) is 102 Å². The first kappa shape index (κ1) is 48.0. The van der Waals surface area contributed by atoms with Gasteiger partial charge in [0.1, 0.15) is 0 Å². The molecule has 1 aliphatic heterocycles. The molecule has 1 heterocycles. The molecule has 0 saturated carbocycles. The van der Waals surface area contributed by atoms with E-state index in [1.54, 1.807) is 0 Å². The van der Waals surface area contributed by atoms with Gasteiger partial charge in [-0.2, -0.15) is 0 Å². The SMILES string of the molecule is Cc1ccc(N2c3ccccc3C(c3cccc(N(c4ccc(C)c(C)c4C)c4ccc(C)c(C)c4C)c3)(c3cccc(N(c4ccc(C)c(C)c4C)c4ccc(C)c(C)c4C)c3)c3cc(C)ccc32)cc1. The lowest BCUT2D eigenvalue weighted by Gasteiger charge is -2.47. The highest BCUT2D eigenvalue weighted by Crippen LogP contribution is 2.59. The third kappa shape index (κ3) is 7.73. The van der Waals surface area contributed by atoms with Crippen molar-refractivity contribution in [2.24, 2.45) is 0 Å². The Kier molecular flexibility index (Phi) is 12.4. The Bertz CT molecular complexity index is 3310. The van der Waals surface area contributed by atoms with Crippen LogP contribution < -0.4 is 14.7 Å². The van der Waals surface area contributed by atoms with Crippen LogP contribution in [0.2, 0.25) is 0 Å². The van der Waals surface area contributed by atoms with Crippen molar-refractivity contribution >= 4 is 51.2 Å². The lowest BCUT2D eigenvalue weighted by Crippen LogP contribution is -2.38. The van der Waals surface area contributed by atoms with Gasteiger partial charge in [-0.15, -0.1) is 0 Å². The van der Waals surface area contributed by atoms with E-state index >= 15 is 0 Å². The van der Waals surface area contributed by atoms with Crippen LogP contribution in [0.25, 0.3) is 0 Å². The number of benzene rings is 9. The standard InChI is InChI=1S/C69H69N3/c1-42-25-32-58(33-26-42)70-67-24-16-15-23-61(67)69(62-39-43(2)27-34-68(62)70,56-19-17-21-59(40-56)71(63-35-28-44(3)48(7)52(63)11)64-36-29-45(4)49(8)53(64)12)57-20-18-22-60(41-57)72(65-37-30-46(5)50(9)54(65)13)66-38-31-47(6)51(10)55(66)14/h15-41H,1-14H3. The van der Waals surface area contributed by atoms with Crippen LogP contribution >= 0.6 is 0 Å². The summed E-state index contributed by atoms with van der Waals surface area (Å²) < 4.78 is 0. The summed E-state index contributed by atoms with van der Waals surface area (Å²) in [6.07, 6.45) is 0. The number of para-hydroxylation sites is 1. The molecule has 0 saturated heterocycles. The summed E-state index contributed by atoms with van der Waals surface area (Å²) in [6, 6.07) is 62.7. The number of anilines is 9. The quantitative estimate of drug-likeness (QED) is 0.143. The summed E-state index contributed by atoms with van der Waals surface area (Å²) >= 11 is 0. The monoisotopic (exact) mass is 940 g/mol. The molecular weight excluding hydrogens is 871 g/mol. The average molecular weight is 940 g/mol. The third-order valence-corrected chi connectivity index (χ3v) is 16.8. The van der Waals surface area contributed by atoms with Crippen LogP contribution in [-0.2, 0) is 5.41 Å². The van der Waals surface area contributed by atoms with Crippen LogP contribution in [0.15, 0.2) is 164 Å². The van der Waals surface area contributed by atoms with Crippen LogP contribution in [0.4, 0.5) is 51.2 Å². The van der Waals surface area contributed by atoms with Gasteiger partial charge in [-0.3, -0.25) is 0 Å². The maximum atomic E-state index is 2.52. The molecule has 0 amide bonds. The summed E-state index contributed by atoms with van der Waals surface area (Å²) in [5.41, 5.74) is 32.5. The van der Waals surface area contributed by atoms with Crippen LogP contribution in [0.3, 0.4) is 0 Å². The third-order valence-electron chi connectivity index (χ3n) is 16.8. The minimum absolute atomic E-state index is 0.782. The highest BCUT2D eigenvalue weighted by molar-refractivity contribution is 5.92. The van der Waals surface area contributed by atoms with Gasteiger partial charge in [0.15, 0.2) is 0 Å². The Morgan fingerprint density at radius 3 is 1.12 bits per heavy atom. The zero-order valence-electron chi connectivity index (χ0n) is 44.9. The largest absolute Gasteiger partial charge is 0.310 e. The maximum absolute atomic E-state index is 2.52. The molecule has 10 rings (SSSR count). The first-order chi connectivity index (χ1) is 34.5. The van der Waals surface area contributed by atoms with E-state index in [4.69, 9.17) is 0 Å². The molecular formula is C69H69N3. The second kappa shape index (κ2) is 18.5. The summed E-state index contributed by atoms with van der Waals surface area (Å²) in [4.78, 5) is 7.53. The minimum atomic E-state index is -0.782. The molecule has 72 heavy (non-hydrogen) atoms. The van der Waals surface area contributed by atoms with E-state index < -0.39 is 5.41 Å². The van der Waals surface area contributed by atoms with Gasteiger partial charge in [-0.1, -0.05) is 102 Å². The highest BCUT2D eigenvalue weighted by Gasteiger charge is 2.47. The molecule has 3 heteroatoms. The summed E-state index contributed by atoms with van der Waals surface area (Å²) in [7, 11) is 0. The Morgan fingerprint density at radius 2 is 0.694 bits per heavy atom. The summed E-state index contributed by atoms with van der Waals surface area (Å²) in [5.74, 6) is 0. The van der Waals surface area contributed by atoms with Gasteiger partial charge in [0.25, 0.3) is 0 Å². The Labute approximate surface area is 430 Å².